The van der Waals surface area contributed by atoms with Gasteiger partial charge in [0.05, 0.1) is 0 Å². The van der Waals surface area contributed by atoms with E-state index in [4.69, 9.17) is 0 Å². The smallest absolute Gasteiger partial charge is 0.126 e. The third-order valence-corrected chi connectivity index (χ3v) is 2.92. The Bertz CT molecular complexity index is 564. The lowest BCUT2D eigenvalue weighted by atomic mass is 9.98. The molecule has 0 bridgehead atoms. The van der Waals surface area contributed by atoms with Crippen LogP contribution in [-0.2, 0) is 6.54 Å². The fourth-order valence-corrected chi connectivity index (χ4v) is 1.92. The molecule has 0 fully saturated rings. The molecule has 0 aliphatic rings. The summed E-state index contributed by atoms with van der Waals surface area (Å²) < 4.78 is 26.9. The number of nitrogens with one attached hydrogen (secondary N) is 1. The van der Waals surface area contributed by atoms with Crippen LogP contribution in [0.15, 0.2) is 36.4 Å². The third-order valence-electron chi connectivity index (χ3n) is 2.92. The lowest BCUT2D eigenvalue weighted by molar-refractivity contribution is 0.618. The fourth-order valence-electron chi connectivity index (χ4n) is 1.92. The predicted octanol–water partition coefficient (Wildman–Crippen LogP) is 3.66. The molecule has 2 rings (SSSR count). The van der Waals surface area contributed by atoms with Gasteiger partial charge in [0.25, 0.3) is 0 Å². The van der Waals surface area contributed by atoms with Crippen molar-refractivity contribution < 1.29 is 8.78 Å². The predicted molar refractivity (Wildman–Crippen MR) is 69.3 cm³/mol. The van der Waals surface area contributed by atoms with Crippen LogP contribution < -0.4 is 5.32 Å². The Balaban J connectivity index is 2.54. The molecule has 0 aromatic heterocycles. The lowest BCUT2D eigenvalue weighted by Gasteiger charge is -2.10. The summed E-state index contributed by atoms with van der Waals surface area (Å²) in [5.41, 5.74) is 2.96. The molecule has 1 nitrogen and oxygen atoms in total. The molecule has 0 atom stereocenters. The minimum absolute atomic E-state index is 0.271. The van der Waals surface area contributed by atoms with Crippen LogP contribution in [0.5, 0.6) is 0 Å². The molecule has 18 heavy (non-hydrogen) atoms. The minimum atomic E-state index is -0.314. The molecule has 0 amide bonds. The van der Waals surface area contributed by atoms with E-state index < -0.39 is 0 Å². The quantitative estimate of drug-likeness (QED) is 0.872. The first-order valence-corrected chi connectivity index (χ1v) is 5.81. The van der Waals surface area contributed by atoms with E-state index in [2.05, 4.69) is 5.32 Å². The molecule has 0 heterocycles. The molecule has 0 aliphatic carbocycles. The molecule has 0 unspecified atom stereocenters. The van der Waals surface area contributed by atoms with Crippen LogP contribution in [0, 0.1) is 18.6 Å². The monoisotopic (exact) mass is 247 g/mol. The number of rotatable bonds is 3. The molecular formula is C15H15F2N. The topological polar surface area (TPSA) is 12.0 Å². The molecule has 2 aromatic carbocycles. The Hall–Kier alpha value is -1.74. The number of hydrogen-bond donors (Lipinski definition) is 1. The van der Waals surface area contributed by atoms with Gasteiger partial charge in [-0.15, -0.1) is 0 Å². The van der Waals surface area contributed by atoms with Crippen LogP contribution in [0.25, 0.3) is 11.1 Å². The van der Waals surface area contributed by atoms with Gasteiger partial charge >= 0.3 is 0 Å². The summed E-state index contributed by atoms with van der Waals surface area (Å²) in [4.78, 5) is 0. The first kappa shape index (κ1) is 12.7. The first-order valence-electron chi connectivity index (χ1n) is 5.81. The molecular weight excluding hydrogens is 232 g/mol. The van der Waals surface area contributed by atoms with E-state index in [0.29, 0.717) is 17.7 Å². The molecule has 3 heteroatoms. The second kappa shape index (κ2) is 5.27. The van der Waals surface area contributed by atoms with Crippen LogP contribution >= 0.6 is 0 Å². The summed E-state index contributed by atoms with van der Waals surface area (Å²) >= 11 is 0. The molecule has 94 valence electrons. The zero-order chi connectivity index (χ0) is 13.1. The van der Waals surface area contributed by atoms with Crippen molar-refractivity contribution in [2.24, 2.45) is 0 Å². The first-order chi connectivity index (χ1) is 8.61. The normalized spacial score (nSPS) is 10.7. The zero-order valence-corrected chi connectivity index (χ0v) is 10.4. The van der Waals surface area contributed by atoms with Crippen molar-refractivity contribution in [2.45, 2.75) is 13.5 Å². The van der Waals surface area contributed by atoms with Crippen molar-refractivity contribution in [1.29, 1.82) is 0 Å². The van der Waals surface area contributed by atoms with Gasteiger partial charge in [0.15, 0.2) is 0 Å². The van der Waals surface area contributed by atoms with Crippen LogP contribution in [0.4, 0.5) is 8.78 Å². The zero-order valence-electron chi connectivity index (χ0n) is 10.4. The second-order valence-corrected chi connectivity index (χ2v) is 4.30. The minimum Gasteiger partial charge on any atom is -0.316 e. The van der Waals surface area contributed by atoms with Crippen LogP contribution in [0.1, 0.15) is 11.1 Å². The molecule has 0 spiro atoms. The van der Waals surface area contributed by atoms with Gasteiger partial charge in [-0.2, -0.15) is 0 Å². The number of halogens is 2. The van der Waals surface area contributed by atoms with Crippen LogP contribution in [-0.4, -0.2) is 7.05 Å². The standard InChI is InChI=1S/C15H15F2N/c1-10-3-4-11(7-15(10)17)14-8-13(16)6-5-12(14)9-18-2/h3-8,18H,9H2,1-2H3. The summed E-state index contributed by atoms with van der Waals surface area (Å²) in [6.07, 6.45) is 0. The summed E-state index contributed by atoms with van der Waals surface area (Å²) in [6.45, 7) is 2.32. The van der Waals surface area contributed by atoms with Crippen molar-refractivity contribution in [3.05, 3.63) is 59.2 Å². The van der Waals surface area contributed by atoms with Crippen molar-refractivity contribution in [1.82, 2.24) is 5.32 Å². The second-order valence-electron chi connectivity index (χ2n) is 4.30. The van der Waals surface area contributed by atoms with E-state index in [1.54, 1.807) is 19.1 Å². The van der Waals surface area contributed by atoms with E-state index in [0.717, 1.165) is 11.1 Å². The Kier molecular flexibility index (Phi) is 3.72. The summed E-state index contributed by atoms with van der Waals surface area (Å²) in [7, 11) is 1.82. The highest BCUT2D eigenvalue weighted by Gasteiger charge is 2.08. The number of aryl methyl sites for hydroxylation is 1. The van der Waals surface area contributed by atoms with Gasteiger partial charge in [-0.05, 0) is 54.4 Å². The van der Waals surface area contributed by atoms with E-state index in [-0.39, 0.29) is 11.6 Å². The Morgan fingerprint density at radius 1 is 1.06 bits per heavy atom. The highest BCUT2D eigenvalue weighted by molar-refractivity contribution is 5.67. The summed E-state index contributed by atoms with van der Waals surface area (Å²) in [5, 5.41) is 3.02. The van der Waals surface area contributed by atoms with E-state index in [1.807, 2.05) is 13.1 Å². The van der Waals surface area contributed by atoms with E-state index in [9.17, 15) is 8.78 Å². The van der Waals surface area contributed by atoms with Crippen molar-refractivity contribution in [3.8, 4) is 11.1 Å². The molecule has 0 radical (unpaired) electrons. The summed E-state index contributed by atoms with van der Waals surface area (Å²) in [5.74, 6) is -0.585. The van der Waals surface area contributed by atoms with Gasteiger partial charge in [0.1, 0.15) is 11.6 Å². The Morgan fingerprint density at radius 2 is 1.83 bits per heavy atom. The van der Waals surface area contributed by atoms with Gasteiger partial charge in [-0.25, -0.2) is 8.78 Å². The van der Waals surface area contributed by atoms with Crippen molar-refractivity contribution in [3.63, 3.8) is 0 Å². The number of benzene rings is 2. The molecule has 2 aromatic rings. The SMILES string of the molecule is CNCc1ccc(F)cc1-c1ccc(C)c(F)c1. The maximum absolute atomic E-state index is 13.6. The maximum atomic E-state index is 13.6. The highest BCUT2D eigenvalue weighted by Crippen LogP contribution is 2.26. The van der Waals surface area contributed by atoms with Gasteiger partial charge in [0.2, 0.25) is 0 Å². The largest absolute Gasteiger partial charge is 0.316 e. The van der Waals surface area contributed by atoms with Crippen LogP contribution in [0.2, 0.25) is 0 Å². The van der Waals surface area contributed by atoms with E-state index >= 15 is 0 Å². The molecule has 0 saturated carbocycles. The molecule has 0 saturated heterocycles. The van der Waals surface area contributed by atoms with E-state index in [1.165, 1.54) is 18.2 Å². The molecule has 0 aliphatic heterocycles. The Morgan fingerprint density at radius 3 is 2.50 bits per heavy atom. The molecule has 1 N–H and O–H groups in total. The average Bonchev–Trinajstić information content (AvgIpc) is 2.35. The van der Waals surface area contributed by atoms with Crippen molar-refractivity contribution in [2.75, 3.05) is 7.05 Å². The third kappa shape index (κ3) is 2.57. The summed E-state index contributed by atoms with van der Waals surface area (Å²) in [6, 6.07) is 9.55. The number of hydrogen-bond acceptors (Lipinski definition) is 1. The average molecular weight is 247 g/mol. The van der Waals surface area contributed by atoms with Gasteiger partial charge in [-0.1, -0.05) is 18.2 Å². The Labute approximate surface area is 105 Å². The highest BCUT2D eigenvalue weighted by atomic mass is 19.1. The van der Waals surface area contributed by atoms with Crippen molar-refractivity contribution >= 4 is 0 Å². The van der Waals surface area contributed by atoms with Gasteiger partial charge < -0.3 is 5.32 Å². The fraction of sp³-hybridized carbons (Fsp3) is 0.200. The lowest BCUT2D eigenvalue weighted by Crippen LogP contribution is -2.06. The van der Waals surface area contributed by atoms with Gasteiger partial charge in [0, 0.05) is 6.54 Å². The van der Waals surface area contributed by atoms with Gasteiger partial charge in [-0.3, -0.25) is 0 Å². The van der Waals surface area contributed by atoms with Crippen LogP contribution in [0.3, 0.4) is 0 Å². The maximum Gasteiger partial charge on any atom is 0.126 e.